The fourth-order valence-electron chi connectivity index (χ4n) is 9.68. The average Bonchev–Trinajstić information content (AvgIpc) is 3.47. The maximum atomic E-state index is 13.0. The lowest BCUT2D eigenvalue weighted by Gasteiger charge is -2.21. The van der Waals surface area contributed by atoms with E-state index in [0.717, 1.165) is 109 Å². The Bertz CT molecular complexity index is 1650. The van der Waals surface area contributed by atoms with E-state index in [1.165, 1.54) is 128 Å². The molecule has 6 atom stereocenters. The molecule has 0 amide bonds. The average molecular weight is 1240 g/mol. The third-order valence-corrected chi connectivity index (χ3v) is 17.2. The van der Waals surface area contributed by atoms with Gasteiger partial charge in [-0.25, -0.2) is 9.13 Å². The van der Waals surface area contributed by atoms with Gasteiger partial charge in [-0.1, -0.05) is 273 Å². The van der Waals surface area contributed by atoms with Gasteiger partial charge in [0.05, 0.1) is 26.4 Å². The van der Waals surface area contributed by atoms with Crippen molar-refractivity contribution in [1.29, 1.82) is 0 Å². The van der Waals surface area contributed by atoms with E-state index in [-0.39, 0.29) is 25.7 Å². The lowest BCUT2D eigenvalue weighted by molar-refractivity contribution is -0.161. The second-order valence-corrected chi connectivity index (χ2v) is 27.1. The summed E-state index contributed by atoms with van der Waals surface area (Å²) < 4.78 is 68.0. The van der Waals surface area contributed by atoms with Crippen LogP contribution in [-0.4, -0.2) is 96.7 Å². The number of unbranched alkanes of at least 4 members (excludes halogenated alkanes) is 33. The Hall–Kier alpha value is -1.94. The van der Waals surface area contributed by atoms with Crippen molar-refractivity contribution >= 4 is 39.5 Å². The van der Waals surface area contributed by atoms with E-state index >= 15 is 0 Å². The van der Waals surface area contributed by atoms with E-state index in [2.05, 4.69) is 41.5 Å². The van der Waals surface area contributed by atoms with Crippen molar-refractivity contribution in [2.75, 3.05) is 39.6 Å². The van der Waals surface area contributed by atoms with Crippen molar-refractivity contribution in [2.45, 2.75) is 342 Å². The molecule has 0 aliphatic rings. The van der Waals surface area contributed by atoms with E-state index in [1.807, 2.05) is 0 Å². The molecule has 0 radical (unpaired) electrons. The summed E-state index contributed by atoms with van der Waals surface area (Å²) in [7, 11) is -9.88. The number of rotatable bonds is 64. The zero-order chi connectivity index (χ0) is 62.2. The fraction of sp³-hybridized carbons (Fsp3) is 0.938. The highest BCUT2D eigenvalue weighted by Crippen LogP contribution is 2.45. The molecule has 84 heavy (non-hydrogen) atoms. The molecular formula is C65H126O17P2. The Labute approximate surface area is 511 Å². The minimum Gasteiger partial charge on any atom is -0.462 e. The van der Waals surface area contributed by atoms with Crippen LogP contribution in [0, 0.1) is 11.8 Å². The van der Waals surface area contributed by atoms with Crippen molar-refractivity contribution < 1.29 is 80.2 Å². The molecule has 0 bridgehead atoms. The molecular weight excluding hydrogens is 1110 g/mol. The lowest BCUT2D eigenvalue weighted by atomic mass is 9.99. The Morgan fingerprint density at radius 1 is 0.345 bits per heavy atom. The van der Waals surface area contributed by atoms with Crippen LogP contribution in [0.1, 0.15) is 324 Å². The SMILES string of the molecule is CCCCCCCCCCCCCCCC(=O)OC[C@H](COP(=O)(O)OC[C@@H](O)COP(=O)(O)OC[C@@H](COC(=O)CCCCCCCCC)OC(=O)CCCCCCCCCC(C)C)OC(=O)CCCCCCCCCCCCC(C)CC. The van der Waals surface area contributed by atoms with E-state index in [0.29, 0.717) is 31.6 Å². The van der Waals surface area contributed by atoms with E-state index in [9.17, 15) is 43.2 Å². The highest BCUT2D eigenvalue weighted by atomic mass is 31.2. The number of esters is 4. The van der Waals surface area contributed by atoms with Crippen molar-refractivity contribution in [1.82, 2.24) is 0 Å². The van der Waals surface area contributed by atoms with E-state index in [4.69, 9.17) is 37.0 Å². The van der Waals surface area contributed by atoms with Gasteiger partial charge in [0, 0.05) is 25.7 Å². The van der Waals surface area contributed by atoms with Crippen LogP contribution < -0.4 is 0 Å². The predicted molar refractivity (Wildman–Crippen MR) is 335 cm³/mol. The molecule has 0 saturated carbocycles. The maximum Gasteiger partial charge on any atom is 0.472 e. The summed E-state index contributed by atoms with van der Waals surface area (Å²) in [6.45, 7) is 9.43. The summed E-state index contributed by atoms with van der Waals surface area (Å²) in [5.74, 6) is -0.638. The Morgan fingerprint density at radius 3 is 0.905 bits per heavy atom. The molecule has 0 rings (SSSR count). The van der Waals surface area contributed by atoms with Gasteiger partial charge in [0.25, 0.3) is 0 Å². The van der Waals surface area contributed by atoms with Gasteiger partial charge in [-0.15, -0.1) is 0 Å². The van der Waals surface area contributed by atoms with Crippen LogP contribution in [0.4, 0.5) is 0 Å². The Morgan fingerprint density at radius 2 is 0.607 bits per heavy atom. The van der Waals surface area contributed by atoms with Gasteiger partial charge in [-0.05, 0) is 37.5 Å². The summed E-state index contributed by atoms with van der Waals surface area (Å²) in [6.07, 6.45) is 40.4. The van der Waals surface area contributed by atoms with Crippen molar-refractivity contribution in [3.8, 4) is 0 Å². The lowest BCUT2D eigenvalue weighted by Crippen LogP contribution is -2.30. The van der Waals surface area contributed by atoms with Crippen molar-refractivity contribution in [3.05, 3.63) is 0 Å². The number of carbonyl (C=O) groups excluding carboxylic acids is 4. The third-order valence-electron chi connectivity index (χ3n) is 15.3. The zero-order valence-electron chi connectivity index (χ0n) is 54.2. The van der Waals surface area contributed by atoms with Crippen LogP contribution in [0.5, 0.6) is 0 Å². The summed E-state index contributed by atoms with van der Waals surface area (Å²) in [5.41, 5.74) is 0. The fourth-order valence-corrected chi connectivity index (χ4v) is 11.3. The number of hydrogen-bond donors (Lipinski definition) is 3. The molecule has 17 nitrogen and oxygen atoms in total. The minimum absolute atomic E-state index is 0.103. The van der Waals surface area contributed by atoms with E-state index in [1.54, 1.807) is 0 Å². The second kappa shape index (κ2) is 57.5. The number of carbonyl (C=O) groups is 4. The molecule has 0 aromatic heterocycles. The number of hydrogen-bond acceptors (Lipinski definition) is 15. The van der Waals surface area contributed by atoms with Crippen LogP contribution in [-0.2, 0) is 65.4 Å². The Kier molecular flexibility index (Phi) is 56.2. The number of ether oxygens (including phenoxy) is 4. The standard InChI is InChI=1S/C65H126O17P2/c1-7-10-12-14-16-17-18-19-20-24-30-36-42-48-63(68)76-54-61(81-64(69)49-43-37-31-25-22-21-23-29-34-40-46-58(6)9-3)56-80-84(73,74)78-52-59(66)51-77-83(71,72)79-55-60(53-75-62(67)47-41-35-27-15-13-11-8-2)82-65(70)50-44-38-32-26-28-33-39-45-57(4)5/h57-61,66H,7-56H2,1-6H3,(H,71,72)(H,73,74)/t58?,59-,60+,61+/m0/s1. The van der Waals surface area contributed by atoms with Crippen LogP contribution >= 0.6 is 15.6 Å². The van der Waals surface area contributed by atoms with Crippen LogP contribution in [0.25, 0.3) is 0 Å². The topological polar surface area (TPSA) is 237 Å². The summed E-state index contributed by atoms with van der Waals surface area (Å²) in [6, 6.07) is 0. The molecule has 0 aliphatic heterocycles. The summed E-state index contributed by atoms with van der Waals surface area (Å²) >= 11 is 0. The second-order valence-electron chi connectivity index (χ2n) is 24.2. The van der Waals surface area contributed by atoms with E-state index < -0.39 is 97.5 Å². The summed E-state index contributed by atoms with van der Waals surface area (Å²) in [4.78, 5) is 72.2. The van der Waals surface area contributed by atoms with Crippen LogP contribution in [0.2, 0.25) is 0 Å². The first kappa shape index (κ1) is 82.1. The normalized spacial score (nSPS) is 14.6. The van der Waals surface area contributed by atoms with Gasteiger partial charge in [0.2, 0.25) is 0 Å². The van der Waals surface area contributed by atoms with Crippen molar-refractivity contribution in [3.63, 3.8) is 0 Å². The molecule has 0 aliphatic carbocycles. The summed E-state index contributed by atoms with van der Waals surface area (Å²) in [5, 5.41) is 10.5. The minimum atomic E-state index is -4.95. The van der Waals surface area contributed by atoms with Gasteiger partial charge in [-0.3, -0.25) is 37.3 Å². The molecule has 19 heteroatoms. The third kappa shape index (κ3) is 57.8. The Balaban J connectivity index is 5.22. The molecule has 0 saturated heterocycles. The molecule has 0 aromatic carbocycles. The molecule has 0 heterocycles. The van der Waals surface area contributed by atoms with Crippen molar-refractivity contribution in [2.24, 2.45) is 11.8 Å². The largest absolute Gasteiger partial charge is 0.472 e. The highest BCUT2D eigenvalue weighted by molar-refractivity contribution is 7.47. The molecule has 3 N–H and O–H groups in total. The van der Waals surface area contributed by atoms with Gasteiger partial charge >= 0.3 is 39.5 Å². The quantitative estimate of drug-likeness (QED) is 0.0222. The van der Waals surface area contributed by atoms with Crippen LogP contribution in [0.15, 0.2) is 0 Å². The zero-order valence-corrected chi connectivity index (χ0v) is 56.0. The van der Waals surface area contributed by atoms with Gasteiger partial charge < -0.3 is 33.8 Å². The maximum absolute atomic E-state index is 13.0. The number of phosphoric acid groups is 2. The molecule has 498 valence electrons. The molecule has 3 unspecified atom stereocenters. The smallest absolute Gasteiger partial charge is 0.462 e. The molecule has 0 fully saturated rings. The number of aliphatic hydroxyl groups is 1. The first-order valence-corrected chi connectivity index (χ1v) is 37.0. The first-order valence-electron chi connectivity index (χ1n) is 34.0. The van der Waals surface area contributed by atoms with Gasteiger partial charge in [0.15, 0.2) is 12.2 Å². The molecule has 0 spiro atoms. The predicted octanol–water partition coefficient (Wildman–Crippen LogP) is 18.0. The first-order chi connectivity index (χ1) is 40.4. The molecule has 0 aromatic rings. The number of aliphatic hydroxyl groups excluding tert-OH is 1. The monoisotopic (exact) mass is 1240 g/mol. The van der Waals surface area contributed by atoms with Gasteiger partial charge in [-0.2, -0.15) is 0 Å². The highest BCUT2D eigenvalue weighted by Gasteiger charge is 2.30. The van der Waals surface area contributed by atoms with Gasteiger partial charge in [0.1, 0.15) is 19.3 Å². The van der Waals surface area contributed by atoms with Crippen LogP contribution in [0.3, 0.4) is 0 Å². The number of phosphoric ester groups is 2.